The number of esters is 2. The number of benzene rings is 3. The topological polar surface area (TPSA) is 52.6 Å². The van der Waals surface area contributed by atoms with Crippen molar-refractivity contribution in [3.05, 3.63) is 77.9 Å². The van der Waals surface area contributed by atoms with Gasteiger partial charge < -0.3 is 9.47 Å². The molecule has 4 nitrogen and oxygen atoms in total. The minimum Gasteiger partial charge on any atom is -0.465 e. The molecule has 5 heteroatoms. The largest absolute Gasteiger partial charge is 0.465 e. The Kier molecular flexibility index (Phi) is 5.68. The lowest BCUT2D eigenvalue weighted by Crippen LogP contribution is -2.03. The zero-order valence-electron chi connectivity index (χ0n) is 14.9. The number of carbonyl (C=O) groups excluding carboxylic acids is 2. The summed E-state index contributed by atoms with van der Waals surface area (Å²) in [4.78, 5) is 23.3. The molecule has 27 heavy (non-hydrogen) atoms. The Labute approximate surface area is 160 Å². The summed E-state index contributed by atoms with van der Waals surface area (Å²) in [6.07, 6.45) is 0. The third-order valence-electron chi connectivity index (χ3n) is 4.25. The Morgan fingerprint density at radius 3 is 1.67 bits per heavy atom. The van der Waals surface area contributed by atoms with Gasteiger partial charge in [0.2, 0.25) is 0 Å². The van der Waals surface area contributed by atoms with Crippen molar-refractivity contribution in [2.24, 2.45) is 0 Å². The molecule has 134 valence electrons. The van der Waals surface area contributed by atoms with Gasteiger partial charge in [-0.15, -0.1) is 0 Å². The standard InChI is InChI=1S/C22H17O4P/c1-25-21(23)16-10-6-14(7-11-16)18-4-3-5-19(27)20(18)15-8-12-17(13-9-15)22(24)26-2/h3-13H,1-2H3. The number of ether oxygens (including phenoxy) is 2. The summed E-state index contributed by atoms with van der Waals surface area (Å²) < 4.78 is 9.49. The van der Waals surface area contributed by atoms with Crippen LogP contribution in [0.15, 0.2) is 66.7 Å². The fourth-order valence-electron chi connectivity index (χ4n) is 2.88. The third kappa shape index (κ3) is 3.91. The van der Waals surface area contributed by atoms with Gasteiger partial charge >= 0.3 is 11.9 Å². The van der Waals surface area contributed by atoms with E-state index in [2.05, 4.69) is 9.24 Å². The van der Waals surface area contributed by atoms with E-state index in [1.54, 1.807) is 24.3 Å². The van der Waals surface area contributed by atoms with E-state index in [-0.39, 0.29) is 11.9 Å². The summed E-state index contributed by atoms with van der Waals surface area (Å²) in [6.45, 7) is 0. The highest BCUT2D eigenvalue weighted by Crippen LogP contribution is 2.32. The summed E-state index contributed by atoms with van der Waals surface area (Å²) in [5.74, 6) is -0.748. The second kappa shape index (κ2) is 8.15. The summed E-state index contributed by atoms with van der Waals surface area (Å²) in [6, 6.07) is 20.3. The van der Waals surface area contributed by atoms with Gasteiger partial charge in [-0.3, -0.25) is 0 Å². The van der Waals surface area contributed by atoms with Gasteiger partial charge in [0.05, 0.1) is 25.3 Å². The molecule has 3 rings (SSSR count). The van der Waals surface area contributed by atoms with Crippen LogP contribution in [0.1, 0.15) is 20.7 Å². The Morgan fingerprint density at radius 1 is 0.704 bits per heavy atom. The predicted octanol–water partition coefficient (Wildman–Crippen LogP) is 4.63. The van der Waals surface area contributed by atoms with Crippen LogP contribution in [-0.4, -0.2) is 26.2 Å². The second-order valence-electron chi connectivity index (χ2n) is 5.84. The van der Waals surface area contributed by atoms with Crippen molar-refractivity contribution in [2.45, 2.75) is 0 Å². The average molecular weight is 376 g/mol. The summed E-state index contributed by atoms with van der Waals surface area (Å²) in [5.41, 5.74) is 4.79. The highest BCUT2D eigenvalue weighted by Gasteiger charge is 2.13. The van der Waals surface area contributed by atoms with Crippen molar-refractivity contribution in [1.29, 1.82) is 0 Å². The fourth-order valence-corrected chi connectivity index (χ4v) is 3.21. The van der Waals surface area contributed by atoms with Crippen LogP contribution in [0.3, 0.4) is 0 Å². The maximum atomic E-state index is 11.7. The van der Waals surface area contributed by atoms with Gasteiger partial charge in [0.15, 0.2) is 0 Å². The van der Waals surface area contributed by atoms with Gasteiger partial charge in [-0.1, -0.05) is 42.5 Å². The Morgan fingerprint density at radius 2 is 1.19 bits per heavy atom. The van der Waals surface area contributed by atoms with Crippen molar-refractivity contribution < 1.29 is 19.1 Å². The van der Waals surface area contributed by atoms with Gasteiger partial charge in [-0.2, -0.15) is 0 Å². The molecule has 3 aromatic rings. The molecule has 0 heterocycles. The zero-order chi connectivity index (χ0) is 19.4. The Hall–Kier alpha value is -2.97. The number of hydrogen-bond donors (Lipinski definition) is 0. The van der Waals surface area contributed by atoms with Gasteiger partial charge in [0.1, 0.15) is 0 Å². The lowest BCUT2D eigenvalue weighted by molar-refractivity contribution is 0.0592. The van der Waals surface area contributed by atoms with Crippen molar-refractivity contribution in [3.8, 4) is 22.3 Å². The van der Waals surface area contributed by atoms with Crippen LogP contribution in [0, 0.1) is 0 Å². The maximum Gasteiger partial charge on any atom is 0.337 e. The minimum atomic E-state index is -0.376. The van der Waals surface area contributed by atoms with E-state index in [0.29, 0.717) is 11.1 Å². The zero-order valence-corrected chi connectivity index (χ0v) is 15.8. The van der Waals surface area contributed by atoms with Crippen molar-refractivity contribution >= 4 is 26.5 Å². The van der Waals surface area contributed by atoms with E-state index < -0.39 is 0 Å². The predicted molar refractivity (Wildman–Crippen MR) is 107 cm³/mol. The molecule has 0 aliphatic heterocycles. The molecule has 2 radical (unpaired) electrons. The van der Waals surface area contributed by atoms with Crippen molar-refractivity contribution in [1.82, 2.24) is 0 Å². The minimum absolute atomic E-state index is 0.372. The van der Waals surface area contributed by atoms with Crippen molar-refractivity contribution in [3.63, 3.8) is 0 Å². The molecule has 0 aromatic heterocycles. The lowest BCUT2D eigenvalue weighted by atomic mass is 9.93. The number of hydrogen-bond acceptors (Lipinski definition) is 4. The lowest BCUT2D eigenvalue weighted by Gasteiger charge is -2.13. The molecule has 0 spiro atoms. The molecule has 3 aromatic carbocycles. The highest BCUT2D eigenvalue weighted by molar-refractivity contribution is 7.28. The third-order valence-corrected chi connectivity index (χ3v) is 4.63. The first-order chi connectivity index (χ1) is 13.0. The molecule has 0 atom stereocenters. The van der Waals surface area contributed by atoms with E-state index in [4.69, 9.17) is 9.47 Å². The van der Waals surface area contributed by atoms with Gasteiger partial charge in [-0.25, -0.2) is 9.59 Å². The molecule has 0 amide bonds. The van der Waals surface area contributed by atoms with Gasteiger partial charge in [-0.05, 0) is 61.1 Å². The van der Waals surface area contributed by atoms with Crippen LogP contribution in [-0.2, 0) is 9.47 Å². The smallest absolute Gasteiger partial charge is 0.337 e. The molecule has 0 aliphatic rings. The monoisotopic (exact) mass is 376 g/mol. The molecule has 0 N–H and O–H groups in total. The first-order valence-corrected chi connectivity index (χ1v) is 8.69. The second-order valence-corrected chi connectivity index (χ2v) is 6.32. The molecule has 0 bridgehead atoms. The van der Waals surface area contributed by atoms with Crippen LogP contribution in [0.2, 0.25) is 0 Å². The molecule has 0 aliphatic carbocycles. The van der Waals surface area contributed by atoms with E-state index in [1.165, 1.54) is 14.2 Å². The van der Waals surface area contributed by atoms with Crippen LogP contribution in [0.5, 0.6) is 0 Å². The van der Waals surface area contributed by atoms with Crippen molar-refractivity contribution in [2.75, 3.05) is 14.2 Å². The van der Waals surface area contributed by atoms with E-state index in [9.17, 15) is 9.59 Å². The van der Waals surface area contributed by atoms with Gasteiger partial charge in [0.25, 0.3) is 0 Å². The molecular weight excluding hydrogens is 359 g/mol. The summed E-state index contributed by atoms with van der Waals surface area (Å²) in [5, 5.41) is 0.815. The van der Waals surface area contributed by atoms with E-state index in [0.717, 1.165) is 27.6 Å². The van der Waals surface area contributed by atoms with Crippen LogP contribution < -0.4 is 5.30 Å². The highest BCUT2D eigenvalue weighted by atomic mass is 31.0. The SMILES string of the molecule is COC(=O)c1ccc(-c2cccc([P])c2-c2ccc(C(=O)OC)cc2)cc1. The number of carbonyl (C=O) groups is 2. The molecule has 0 saturated heterocycles. The quantitative estimate of drug-likeness (QED) is 0.492. The van der Waals surface area contributed by atoms with Crippen LogP contribution in [0.4, 0.5) is 0 Å². The van der Waals surface area contributed by atoms with Crippen LogP contribution >= 0.6 is 9.24 Å². The van der Waals surface area contributed by atoms with Gasteiger partial charge in [0, 0.05) is 0 Å². The summed E-state index contributed by atoms with van der Waals surface area (Å²) >= 11 is 0. The van der Waals surface area contributed by atoms with E-state index >= 15 is 0 Å². The van der Waals surface area contributed by atoms with Crippen LogP contribution in [0.25, 0.3) is 22.3 Å². The first-order valence-electron chi connectivity index (χ1n) is 8.24. The van der Waals surface area contributed by atoms with E-state index in [1.807, 2.05) is 42.5 Å². The molecular formula is C22H17O4P. The maximum absolute atomic E-state index is 11.7. The number of methoxy groups -OCH3 is 2. The summed E-state index contributed by atoms with van der Waals surface area (Å²) in [7, 11) is 7.33. The fraction of sp³-hybridized carbons (Fsp3) is 0.0909. The first kappa shape index (κ1) is 18.8. The number of rotatable bonds is 4. The molecule has 0 unspecified atom stereocenters. The normalized spacial score (nSPS) is 10.3. The Balaban J connectivity index is 2.05. The Bertz CT molecular complexity index is 976. The molecule has 0 fully saturated rings. The average Bonchev–Trinajstić information content (AvgIpc) is 2.72. The molecule has 0 saturated carbocycles.